The van der Waals surface area contributed by atoms with Gasteiger partial charge >= 0.3 is 0 Å². The minimum absolute atomic E-state index is 0.0503. The molecule has 1 fully saturated rings. The third-order valence-corrected chi connectivity index (χ3v) is 5.82. The number of fused-ring (bicyclic) bond motifs is 1. The molecule has 0 saturated carbocycles. The van der Waals surface area contributed by atoms with Crippen LogP contribution in [0.25, 0.3) is 10.9 Å². The SMILES string of the molecule is N#CCCn1cc(C(=O)CN2CCCN(C(=O)c3ccccc3)CC2)c2ccccc21. The second-order valence-electron chi connectivity index (χ2n) is 7.87. The number of carbonyl (C=O) groups is 2. The van der Waals surface area contributed by atoms with Crippen molar-refractivity contribution in [2.75, 3.05) is 32.7 Å². The van der Waals surface area contributed by atoms with Gasteiger partial charge < -0.3 is 9.47 Å². The summed E-state index contributed by atoms with van der Waals surface area (Å²) in [5.74, 6) is 0.129. The van der Waals surface area contributed by atoms with Crippen molar-refractivity contribution in [3.63, 3.8) is 0 Å². The molecule has 1 saturated heterocycles. The van der Waals surface area contributed by atoms with E-state index < -0.39 is 0 Å². The van der Waals surface area contributed by atoms with E-state index in [4.69, 9.17) is 5.26 Å². The van der Waals surface area contributed by atoms with E-state index in [2.05, 4.69) is 11.0 Å². The van der Waals surface area contributed by atoms with Gasteiger partial charge in [-0.05, 0) is 24.6 Å². The number of para-hydroxylation sites is 1. The van der Waals surface area contributed by atoms with Crippen molar-refractivity contribution < 1.29 is 9.59 Å². The predicted octanol–water partition coefficient (Wildman–Crippen LogP) is 3.59. The van der Waals surface area contributed by atoms with E-state index in [1.54, 1.807) is 0 Å². The number of nitrogens with zero attached hydrogens (tertiary/aromatic N) is 4. The summed E-state index contributed by atoms with van der Waals surface area (Å²) in [5.41, 5.74) is 2.39. The van der Waals surface area contributed by atoms with E-state index in [0.717, 1.165) is 23.9 Å². The van der Waals surface area contributed by atoms with Crippen molar-refractivity contribution in [2.24, 2.45) is 0 Å². The molecule has 6 nitrogen and oxygen atoms in total. The Kier molecular flexibility index (Phi) is 6.44. The number of aryl methyl sites for hydroxylation is 1. The highest BCUT2D eigenvalue weighted by molar-refractivity contribution is 6.09. The van der Waals surface area contributed by atoms with Crippen LogP contribution in [0.3, 0.4) is 0 Å². The molecule has 0 aliphatic carbocycles. The standard InChI is InChI=1S/C25H26N4O2/c26-12-6-14-29-18-22(21-10-4-5-11-23(21)29)24(30)19-27-13-7-15-28(17-16-27)25(31)20-8-2-1-3-9-20/h1-5,8-11,18H,6-7,13-17,19H2. The molecule has 31 heavy (non-hydrogen) atoms. The van der Waals surface area contributed by atoms with Crippen LogP contribution >= 0.6 is 0 Å². The largest absolute Gasteiger partial charge is 0.346 e. The average Bonchev–Trinajstić information content (AvgIpc) is 3.02. The third kappa shape index (κ3) is 4.68. The van der Waals surface area contributed by atoms with Crippen LogP contribution in [0.5, 0.6) is 0 Å². The fourth-order valence-electron chi connectivity index (χ4n) is 4.21. The highest BCUT2D eigenvalue weighted by atomic mass is 16.2. The molecule has 1 aliphatic rings. The zero-order valence-electron chi connectivity index (χ0n) is 17.5. The molecule has 0 spiro atoms. The van der Waals surface area contributed by atoms with E-state index in [0.29, 0.717) is 50.3 Å². The minimum Gasteiger partial charge on any atom is -0.346 e. The predicted molar refractivity (Wildman–Crippen MR) is 120 cm³/mol. The molecule has 1 aromatic heterocycles. The Hall–Kier alpha value is -3.43. The summed E-state index contributed by atoms with van der Waals surface area (Å²) in [6.07, 6.45) is 3.13. The molecule has 3 aromatic rings. The molecule has 2 heterocycles. The summed E-state index contributed by atoms with van der Waals surface area (Å²) < 4.78 is 1.99. The van der Waals surface area contributed by atoms with Crippen LogP contribution in [0, 0.1) is 11.3 Å². The number of rotatable bonds is 6. The van der Waals surface area contributed by atoms with Crippen molar-refractivity contribution in [1.82, 2.24) is 14.4 Å². The monoisotopic (exact) mass is 414 g/mol. The van der Waals surface area contributed by atoms with Crippen LogP contribution < -0.4 is 0 Å². The van der Waals surface area contributed by atoms with Crippen molar-refractivity contribution in [2.45, 2.75) is 19.4 Å². The molecule has 1 aliphatic heterocycles. The number of hydrogen-bond donors (Lipinski definition) is 0. The fourth-order valence-corrected chi connectivity index (χ4v) is 4.21. The zero-order valence-corrected chi connectivity index (χ0v) is 17.5. The lowest BCUT2D eigenvalue weighted by atomic mass is 10.1. The first-order chi connectivity index (χ1) is 15.2. The molecule has 2 aromatic carbocycles. The van der Waals surface area contributed by atoms with Crippen molar-refractivity contribution in [1.29, 1.82) is 5.26 Å². The summed E-state index contributed by atoms with van der Waals surface area (Å²) in [6.45, 7) is 3.69. The first kappa shape index (κ1) is 20.8. The first-order valence-corrected chi connectivity index (χ1v) is 10.7. The van der Waals surface area contributed by atoms with Gasteiger partial charge in [0.15, 0.2) is 5.78 Å². The van der Waals surface area contributed by atoms with E-state index >= 15 is 0 Å². The maximum absolute atomic E-state index is 13.2. The van der Waals surface area contributed by atoms with Gasteiger partial charge in [-0.1, -0.05) is 36.4 Å². The summed E-state index contributed by atoms with van der Waals surface area (Å²) in [6, 6.07) is 19.4. The number of amides is 1. The molecule has 4 rings (SSSR count). The van der Waals surface area contributed by atoms with E-state index in [-0.39, 0.29) is 11.7 Å². The highest BCUT2D eigenvalue weighted by Crippen LogP contribution is 2.23. The van der Waals surface area contributed by atoms with Crippen molar-refractivity contribution in [3.05, 3.63) is 71.9 Å². The highest BCUT2D eigenvalue weighted by Gasteiger charge is 2.23. The molecule has 0 N–H and O–H groups in total. The molecule has 0 atom stereocenters. The van der Waals surface area contributed by atoms with E-state index in [9.17, 15) is 9.59 Å². The van der Waals surface area contributed by atoms with Gasteiger partial charge in [-0.15, -0.1) is 0 Å². The van der Waals surface area contributed by atoms with Crippen LogP contribution in [0.15, 0.2) is 60.8 Å². The Morgan fingerprint density at radius 2 is 1.71 bits per heavy atom. The molecular formula is C25H26N4O2. The van der Waals surface area contributed by atoms with Crippen LogP contribution in [-0.4, -0.2) is 58.8 Å². The van der Waals surface area contributed by atoms with Gasteiger partial charge in [0.05, 0.1) is 19.0 Å². The molecule has 1 amide bonds. The summed E-state index contributed by atoms with van der Waals surface area (Å²) in [4.78, 5) is 29.9. The van der Waals surface area contributed by atoms with Gasteiger partial charge in [0.25, 0.3) is 5.91 Å². The maximum Gasteiger partial charge on any atom is 0.253 e. The molecule has 6 heteroatoms. The van der Waals surface area contributed by atoms with E-state index in [1.165, 1.54) is 0 Å². The molecular weight excluding hydrogens is 388 g/mol. The Bertz CT molecular complexity index is 1110. The summed E-state index contributed by atoms with van der Waals surface area (Å²) >= 11 is 0. The topological polar surface area (TPSA) is 69.3 Å². The number of nitriles is 1. The number of ketones is 1. The molecule has 0 radical (unpaired) electrons. The maximum atomic E-state index is 13.2. The molecule has 0 unspecified atom stereocenters. The number of aromatic nitrogens is 1. The van der Waals surface area contributed by atoms with Gasteiger partial charge in [-0.2, -0.15) is 5.26 Å². The van der Waals surface area contributed by atoms with Crippen LogP contribution in [0.4, 0.5) is 0 Å². The lowest BCUT2D eigenvalue weighted by Crippen LogP contribution is -2.36. The van der Waals surface area contributed by atoms with Crippen LogP contribution in [0.2, 0.25) is 0 Å². The van der Waals surface area contributed by atoms with Crippen molar-refractivity contribution in [3.8, 4) is 6.07 Å². The average molecular weight is 415 g/mol. The quantitative estimate of drug-likeness (QED) is 0.578. The lowest BCUT2D eigenvalue weighted by Gasteiger charge is -2.21. The fraction of sp³-hybridized carbons (Fsp3) is 0.320. The second-order valence-corrected chi connectivity index (χ2v) is 7.87. The minimum atomic E-state index is 0.0503. The normalized spacial score (nSPS) is 14.9. The number of carbonyl (C=O) groups excluding carboxylic acids is 2. The summed E-state index contributed by atoms with van der Waals surface area (Å²) in [5, 5.41) is 9.86. The Morgan fingerprint density at radius 3 is 2.52 bits per heavy atom. The van der Waals surface area contributed by atoms with Crippen LogP contribution in [-0.2, 0) is 6.54 Å². The number of hydrogen-bond acceptors (Lipinski definition) is 4. The van der Waals surface area contributed by atoms with E-state index in [1.807, 2.05) is 70.3 Å². The Morgan fingerprint density at radius 1 is 0.935 bits per heavy atom. The first-order valence-electron chi connectivity index (χ1n) is 10.7. The van der Waals surface area contributed by atoms with Gasteiger partial charge in [-0.3, -0.25) is 14.5 Å². The second kappa shape index (κ2) is 9.59. The number of Topliss-reactive ketones (excluding diaryl/α,β-unsaturated/α-hetero) is 1. The van der Waals surface area contributed by atoms with Gasteiger partial charge in [0.2, 0.25) is 0 Å². The number of benzene rings is 2. The van der Waals surface area contributed by atoms with Crippen molar-refractivity contribution >= 4 is 22.6 Å². The third-order valence-electron chi connectivity index (χ3n) is 5.82. The van der Waals surface area contributed by atoms with Gasteiger partial charge in [0.1, 0.15) is 0 Å². The smallest absolute Gasteiger partial charge is 0.253 e. The molecule has 158 valence electrons. The van der Waals surface area contributed by atoms with Crippen LogP contribution in [0.1, 0.15) is 33.6 Å². The van der Waals surface area contributed by atoms with Gasteiger partial charge in [-0.25, -0.2) is 0 Å². The molecule has 0 bridgehead atoms. The Balaban J connectivity index is 1.44. The zero-order chi connectivity index (χ0) is 21.6. The summed E-state index contributed by atoms with van der Waals surface area (Å²) in [7, 11) is 0. The Labute approximate surface area is 182 Å². The van der Waals surface area contributed by atoms with Gasteiger partial charge in [0, 0.05) is 61.0 Å². The lowest BCUT2D eigenvalue weighted by molar-refractivity contribution is 0.0761.